The third-order valence-corrected chi connectivity index (χ3v) is 4.61. The van der Waals surface area contributed by atoms with Crippen molar-refractivity contribution in [3.63, 3.8) is 0 Å². The highest BCUT2D eigenvalue weighted by Crippen LogP contribution is 2.19. The Morgan fingerprint density at radius 2 is 1.88 bits per heavy atom. The van der Waals surface area contributed by atoms with Crippen LogP contribution in [0.3, 0.4) is 0 Å². The summed E-state index contributed by atoms with van der Waals surface area (Å²) in [6.07, 6.45) is 0.954. The third kappa shape index (κ3) is 4.44. The molecule has 1 aliphatic heterocycles. The molecule has 0 bridgehead atoms. The quantitative estimate of drug-likeness (QED) is 0.598. The van der Waals surface area contributed by atoms with E-state index in [2.05, 4.69) is 32.5 Å². The van der Waals surface area contributed by atoms with Crippen molar-refractivity contribution in [1.29, 1.82) is 0 Å². The molecule has 26 heavy (non-hydrogen) atoms. The highest BCUT2D eigenvalue weighted by Gasteiger charge is 2.18. The average molecular weight is 360 g/mol. The molecule has 0 radical (unpaired) electrons. The molecular formula is C18H25FN6O. The Balaban J connectivity index is 1.63. The van der Waals surface area contributed by atoms with Gasteiger partial charge in [0.15, 0.2) is 17.3 Å². The number of nitrogens with zero attached hydrogens (tertiary/aromatic N) is 5. The predicted octanol–water partition coefficient (Wildman–Crippen LogP) is 1.66. The molecule has 140 valence electrons. The average Bonchev–Trinajstić information content (AvgIpc) is 3.05. The van der Waals surface area contributed by atoms with Crippen molar-refractivity contribution >= 4 is 11.6 Å². The second kappa shape index (κ2) is 8.37. The van der Waals surface area contributed by atoms with E-state index in [-0.39, 0.29) is 11.6 Å². The summed E-state index contributed by atoms with van der Waals surface area (Å²) in [6.45, 7) is 7.56. The second-order valence-corrected chi connectivity index (χ2v) is 6.66. The highest BCUT2D eigenvalue weighted by molar-refractivity contribution is 5.96. The number of ketones is 1. The van der Waals surface area contributed by atoms with E-state index in [9.17, 15) is 9.18 Å². The maximum absolute atomic E-state index is 13.2. The normalized spacial score (nSPS) is 16.0. The van der Waals surface area contributed by atoms with Crippen LogP contribution in [0.4, 0.5) is 10.2 Å². The minimum Gasteiger partial charge on any atom is -0.368 e. The van der Waals surface area contributed by atoms with Gasteiger partial charge in [-0.1, -0.05) is 5.21 Å². The molecule has 2 heterocycles. The van der Waals surface area contributed by atoms with Crippen LogP contribution in [0.15, 0.2) is 24.3 Å². The lowest BCUT2D eigenvalue weighted by atomic mass is 10.2. The molecule has 1 saturated heterocycles. The molecule has 1 fully saturated rings. The van der Waals surface area contributed by atoms with E-state index in [1.807, 2.05) is 0 Å². The highest BCUT2D eigenvalue weighted by atomic mass is 19.1. The van der Waals surface area contributed by atoms with Gasteiger partial charge in [0, 0.05) is 39.6 Å². The first-order chi connectivity index (χ1) is 12.5. The number of anilines is 1. The fourth-order valence-electron chi connectivity index (χ4n) is 3.02. The topological polar surface area (TPSA) is 66.3 Å². The molecule has 1 aromatic carbocycles. The summed E-state index contributed by atoms with van der Waals surface area (Å²) in [5, 5.41) is 11.3. The smallest absolute Gasteiger partial charge is 0.183 e. The number of benzene rings is 1. The standard InChI is InChI=1S/C18H25FN6O/c1-14(26)17-18(20-8-3-9-24-12-10-23(2)11-13-24)25(22-21-17)16-6-4-15(19)5-7-16/h4-7,20H,3,8-13H2,1-2H3. The van der Waals surface area contributed by atoms with Crippen LogP contribution in [0.25, 0.3) is 5.69 Å². The molecule has 0 atom stereocenters. The molecule has 2 aromatic rings. The summed E-state index contributed by atoms with van der Waals surface area (Å²) in [4.78, 5) is 16.6. The number of aromatic nitrogens is 3. The molecule has 1 N–H and O–H groups in total. The first kappa shape index (κ1) is 18.5. The monoisotopic (exact) mass is 360 g/mol. The number of nitrogens with one attached hydrogen (secondary N) is 1. The van der Waals surface area contributed by atoms with E-state index >= 15 is 0 Å². The predicted molar refractivity (Wildman–Crippen MR) is 98.4 cm³/mol. The van der Waals surface area contributed by atoms with E-state index < -0.39 is 0 Å². The van der Waals surface area contributed by atoms with Crippen LogP contribution in [-0.4, -0.2) is 76.9 Å². The molecule has 7 nitrogen and oxygen atoms in total. The van der Waals surface area contributed by atoms with Gasteiger partial charge < -0.3 is 15.1 Å². The fraction of sp³-hybridized carbons (Fsp3) is 0.500. The van der Waals surface area contributed by atoms with Crippen LogP contribution in [0.5, 0.6) is 0 Å². The Morgan fingerprint density at radius 1 is 1.19 bits per heavy atom. The van der Waals surface area contributed by atoms with Crippen LogP contribution >= 0.6 is 0 Å². The molecule has 1 aliphatic rings. The van der Waals surface area contributed by atoms with Gasteiger partial charge in [0.25, 0.3) is 0 Å². The zero-order valence-electron chi connectivity index (χ0n) is 15.3. The lowest BCUT2D eigenvalue weighted by Crippen LogP contribution is -2.44. The first-order valence-electron chi connectivity index (χ1n) is 8.92. The van der Waals surface area contributed by atoms with Gasteiger partial charge in [0.05, 0.1) is 5.69 Å². The van der Waals surface area contributed by atoms with Crippen LogP contribution in [0.2, 0.25) is 0 Å². The number of carbonyl (C=O) groups is 1. The molecule has 8 heteroatoms. The van der Waals surface area contributed by atoms with Crippen LogP contribution in [0, 0.1) is 5.82 Å². The first-order valence-corrected chi connectivity index (χ1v) is 8.92. The number of likely N-dealkylation sites (N-methyl/N-ethyl adjacent to an activating group) is 1. The molecule has 0 spiro atoms. The summed E-state index contributed by atoms with van der Waals surface area (Å²) in [7, 11) is 2.14. The minimum atomic E-state index is -0.317. The van der Waals surface area contributed by atoms with Crippen molar-refractivity contribution in [2.75, 3.05) is 51.6 Å². The number of hydrogen-bond donors (Lipinski definition) is 1. The summed E-state index contributed by atoms with van der Waals surface area (Å²) < 4.78 is 14.7. The van der Waals surface area contributed by atoms with Gasteiger partial charge in [0.1, 0.15) is 5.82 Å². The van der Waals surface area contributed by atoms with Gasteiger partial charge in [0.2, 0.25) is 0 Å². The lowest BCUT2D eigenvalue weighted by Gasteiger charge is -2.32. The van der Waals surface area contributed by atoms with E-state index in [1.165, 1.54) is 19.1 Å². The summed E-state index contributed by atoms with van der Waals surface area (Å²) in [5.41, 5.74) is 0.960. The van der Waals surface area contributed by atoms with Crippen LogP contribution < -0.4 is 5.32 Å². The van der Waals surface area contributed by atoms with Gasteiger partial charge in [-0.15, -0.1) is 5.10 Å². The van der Waals surface area contributed by atoms with E-state index in [1.54, 1.807) is 16.8 Å². The number of carbonyl (C=O) groups excluding carboxylic acids is 1. The minimum absolute atomic E-state index is 0.153. The van der Waals surface area contributed by atoms with Crippen molar-refractivity contribution in [2.24, 2.45) is 0 Å². The Bertz CT molecular complexity index is 737. The Morgan fingerprint density at radius 3 is 2.54 bits per heavy atom. The SMILES string of the molecule is CC(=O)c1nnn(-c2ccc(F)cc2)c1NCCCN1CCN(C)CC1. The zero-order chi connectivity index (χ0) is 18.5. The molecule has 0 unspecified atom stereocenters. The Kier molecular flexibility index (Phi) is 5.95. The van der Waals surface area contributed by atoms with Crippen molar-refractivity contribution < 1.29 is 9.18 Å². The number of halogens is 1. The fourth-order valence-corrected chi connectivity index (χ4v) is 3.02. The van der Waals surface area contributed by atoms with Crippen molar-refractivity contribution in [3.05, 3.63) is 35.8 Å². The molecule has 1 aromatic heterocycles. The van der Waals surface area contributed by atoms with Gasteiger partial charge in [-0.25, -0.2) is 4.39 Å². The maximum atomic E-state index is 13.2. The lowest BCUT2D eigenvalue weighted by molar-refractivity contribution is 0.101. The van der Waals surface area contributed by atoms with Crippen molar-refractivity contribution in [3.8, 4) is 5.69 Å². The van der Waals surface area contributed by atoms with Crippen molar-refractivity contribution in [2.45, 2.75) is 13.3 Å². The number of piperazine rings is 1. The van der Waals surface area contributed by atoms with Gasteiger partial charge in [-0.05, 0) is 44.3 Å². The second-order valence-electron chi connectivity index (χ2n) is 6.66. The number of rotatable bonds is 7. The van der Waals surface area contributed by atoms with Crippen LogP contribution in [-0.2, 0) is 0 Å². The number of hydrogen-bond acceptors (Lipinski definition) is 6. The van der Waals surface area contributed by atoms with Gasteiger partial charge >= 0.3 is 0 Å². The van der Waals surface area contributed by atoms with Gasteiger partial charge in [-0.3, -0.25) is 4.79 Å². The summed E-state index contributed by atoms with van der Waals surface area (Å²) >= 11 is 0. The molecular weight excluding hydrogens is 335 g/mol. The summed E-state index contributed by atoms with van der Waals surface area (Å²) in [5.74, 6) is 0.0877. The zero-order valence-corrected chi connectivity index (χ0v) is 15.3. The number of Topliss-reactive ketones (excluding diaryl/α,β-unsaturated/α-hetero) is 1. The molecule has 0 amide bonds. The largest absolute Gasteiger partial charge is 0.368 e. The van der Waals surface area contributed by atoms with Crippen molar-refractivity contribution in [1.82, 2.24) is 24.8 Å². The van der Waals surface area contributed by atoms with Crippen LogP contribution in [0.1, 0.15) is 23.8 Å². The van der Waals surface area contributed by atoms with E-state index in [0.717, 1.165) is 39.1 Å². The van der Waals surface area contributed by atoms with E-state index in [4.69, 9.17) is 0 Å². The molecule has 0 aliphatic carbocycles. The Hall–Kier alpha value is -2.32. The molecule has 0 saturated carbocycles. The maximum Gasteiger partial charge on any atom is 0.183 e. The van der Waals surface area contributed by atoms with E-state index in [0.29, 0.717) is 23.7 Å². The summed E-state index contributed by atoms with van der Waals surface area (Å²) in [6, 6.07) is 5.95. The Labute approximate surface area is 152 Å². The van der Waals surface area contributed by atoms with Gasteiger partial charge in [-0.2, -0.15) is 4.68 Å². The molecule has 3 rings (SSSR count). The third-order valence-electron chi connectivity index (χ3n) is 4.61.